The number of aryl methyl sites for hydroxylation is 1. The Bertz CT molecular complexity index is 503. The van der Waals surface area contributed by atoms with E-state index in [0.29, 0.717) is 12.1 Å². The number of alkyl halides is 6. The summed E-state index contributed by atoms with van der Waals surface area (Å²) in [5.41, 5.74) is -0.203. The van der Waals surface area contributed by atoms with Crippen molar-refractivity contribution in [2.45, 2.75) is 25.6 Å². The third kappa shape index (κ3) is 5.69. The summed E-state index contributed by atoms with van der Waals surface area (Å²) in [6.45, 7) is 0. The van der Waals surface area contributed by atoms with Gasteiger partial charge >= 0.3 is 12.7 Å². The molecule has 0 unspecified atom stereocenters. The predicted molar refractivity (Wildman–Crippen MR) is 53.7 cm³/mol. The minimum atomic E-state index is -4.98. The highest BCUT2D eigenvalue weighted by atomic mass is 19.4. The van der Waals surface area contributed by atoms with E-state index in [1.54, 1.807) is 6.07 Å². The summed E-state index contributed by atoms with van der Waals surface area (Å²) < 4.78 is 79.6. The van der Waals surface area contributed by atoms with Crippen molar-refractivity contribution in [3.63, 3.8) is 0 Å². The lowest BCUT2D eigenvalue weighted by atomic mass is 10.1. The SMILES string of the molecule is N#CCCc1cc(OC(F)(F)F)ccc1OC(F)(F)F. The summed E-state index contributed by atoms with van der Waals surface area (Å²) >= 11 is 0. The van der Waals surface area contributed by atoms with Crippen LogP contribution in [-0.4, -0.2) is 12.7 Å². The molecule has 0 fully saturated rings. The van der Waals surface area contributed by atoms with Crippen LogP contribution in [-0.2, 0) is 6.42 Å². The maximum Gasteiger partial charge on any atom is 0.573 e. The molecule has 0 N–H and O–H groups in total. The summed E-state index contributed by atoms with van der Waals surface area (Å²) in [6.07, 6.45) is -10.3. The molecule has 1 rings (SSSR count). The van der Waals surface area contributed by atoms with E-state index in [2.05, 4.69) is 9.47 Å². The average Bonchev–Trinajstić information content (AvgIpc) is 2.25. The zero-order chi connectivity index (χ0) is 15.4. The molecule has 0 aliphatic rings. The van der Waals surface area contributed by atoms with Crippen LogP contribution in [0.2, 0.25) is 0 Å². The van der Waals surface area contributed by atoms with Gasteiger partial charge in [0.2, 0.25) is 0 Å². The minimum absolute atomic E-state index is 0.177. The van der Waals surface area contributed by atoms with E-state index in [-0.39, 0.29) is 18.4 Å². The van der Waals surface area contributed by atoms with Crippen LogP contribution in [0.4, 0.5) is 26.3 Å². The number of nitrogens with zero attached hydrogens (tertiary/aromatic N) is 1. The summed E-state index contributed by atoms with van der Waals surface area (Å²) in [6, 6.07) is 3.84. The third-order valence-electron chi connectivity index (χ3n) is 2.00. The van der Waals surface area contributed by atoms with Crippen LogP contribution in [0.1, 0.15) is 12.0 Å². The maximum atomic E-state index is 12.1. The third-order valence-corrected chi connectivity index (χ3v) is 2.00. The first-order chi connectivity index (χ1) is 9.11. The Morgan fingerprint density at radius 1 is 1.00 bits per heavy atom. The second-order valence-electron chi connectivity index (χ2n) is 3.52. The van der Waals surface area contributed by atoms with Gasteiger partial charge in [0, 0.05) is 6.42 Å². The summed E-state index contributed by atoms with van der Waals surface area (Å²) in [5.74, 6) is -1.35. The van der Waals surface area contributed by atoms with Gasteiger partial charge in [-0.2, -0.15) is 5.26 Å². The molecule has 1 aromatic rings. The zero-order valence-corrected chi connectivity index (χ0v) is 9.68. The van der Waals surface area contributed by atoms with Gasteiger partial charge in [-0.1, -0.05) is 0 Å². The molecule has 0 aromatic heterocycles. The van der Waals surface area contributed by atoms with E-state index in [1.165, 1.54) is 0 Å². The molecule has 0 amide bonds. The van der Waals surface area contributed by atoms with Gasteiger partial charge in [0.25, 0.3) is 0 Å². The molecule has 110 valence electrons. The smallest absolute Gasteiger partial charge is 0.406 e. The Morgan fingerprint density at radius 3 is 2.10 bits per heavy atom. The van der Waals surface area contributed by atoms with Crippen LogP contribution >= 0.6 is 0 Å². The van der Waals surface area contributed by atoms with Gasteiger partial charge in [-0.15, -0.1) is 26.3 Å². The van der Waals surface area contributed by atoms with Crippen molar-refractivity contribution in [1.29, 1.82) is 5.26 Å². The largest absolute Gasteiger partial charge is 0.573 e. The fraction of sp³-hybridized carbons (Fsp3) is 0.364. The first-order valence-corrected chi connectivity index (χ1v) is 5.12. The molecule has 0 saturated carbocycles. The Hall–Kier alpha value is -2.11. The van der Waals surface area contributed by atoms with Crippen molar-refractivity contribution < 1.29 is 35.8 Å². The van der Waals surface area contributed by atoms with E-state index in [9.17, 15) is 26.3 Å². The monoisotopic (exact) mass is 299 g/mol. The fourth-order valence-corrected chi connectivity index (χ4v) is 1.36. The average molecular weight is 299 g/mol. The quantitative estimate of drug-likeness (QED) is 0.791. The molecule has 9 heteroatoms. The topological polar surface area (TPSA) is 42.2 Å². The van der Waals surface area contributed by atoms with Crippen molar-refractivity contribution in [3.8, 4) is 17.6 Å². The van der Waals surface area contributed by atoms with Gasteiger partial charge in [-0.3, -0.25) is 0 Å². The molecule has 0 radical (unpaired) electrons. The molecule has 0 spiro atoms. The van der Waals surface area contributed by atoms with E-state index >= 15 is 0 Å². The molecular formula is C11H7F6NO2. The molecule has 0 bridgehead atoms. The highest BCUT2D eigenvalue weighted by Gasteiger charge is 2.33. The van der Waals surface area contributed by atoms with Gasteiger partial charge in [0.05, 0.1) is 6.07 Å². The fourth-order valence-electron chi connectivity index (χ4n) is 1.36. The summed E-state index contributed by atoms with van der Waals surface area (Å²) in [5, 5.41) is 8.38. The van der Waals surface area contributed by atoms with Gasteiger partial charge in [-0.25, -0.2) is 0 Å². The van der Waals surface area contributed by atoms with Crippen molar-refractivity contribution in [3.05, 3.63) is 23.8 Å². The molecule has 0 aliphatic heterocycles. The molecular weight excluding hydrogens is 292 g/mol. The lowest BCUT2D eigenvalue weighted by Crippen LogP contribution is -2.19. The van der Waals surface area contributed by atoms with Crippen LogP contribution < -0.4 is 9.47 Å². The molecule has 0 aliphatic carbocycles. The standard InChI is InChI=1S/C11H7F6NO2/c12-10(13,14)19-8-3-4-9(20-11(15,16)17)7(6-8)2-1-5-18/h3-4,6H,1-2H2. The first kappa shape index (κ1) is 15.9. The van der Waals surface area contributed by atoms with Crippen LogP contribution in [0.15, 0.2) is 18.2 Å². The Balaban J connectivity index is 3.03. The van der Waals surface area contributed by atoms with Gasteiger partial charge in [0.15, 0.2) is 0 Å². The zero-order valence-electron chi connectivity index (χ0n) is 9.68. The molecule has 20 heavy (non-hydrogen) atoms. The summed E-state index contributed by atoms with van der Waals surface area (Å²) in [4.78, 5) is 0. The Morgan fingerprint density at radius 2 is 1.60 bits per heavy atom. The van der Waals surface area contributed by atoms with Crippen LogP contribution in [0, 0.1) is 11.3 Å². The number of hydrogen-bond donors (Lipinski definition) is 0. The van der Waals surface area contributed by atoms with E-state index in [0.717, 1.165) is 6.07 Å². The first-order valence-electron chi connectivity index (χ1n) is 5.12. The molecule has 0 saturated heterocycles. The number of halogens is 6. The maximum absolute atomic E-state index is 12.1. The van der Waals surface area contributed by atoms with Crippen LogP contribution in [0.5, 0.6) is 11.5 Å². The highest BCUT2D eigenvalue weighted by Crippen LogP contribution is 2.32. The van der Waals surface area contributed by atoms with E-state index < -0.39 is 24.2 Å². The molecule has 0 heterocycles. The minimum Gasteiger partial charge on any atom is -0.406 e. The van der Waals surface area contributed by atoms with Gasteiger partial charge in [0.1, 0.15) is 11.5 Å². The molecule has 1 aromatic carbocycles. The second kappa shape index (κ2) is 5.90. The second-order valence-corrected chi connectivity index (χ2v) is 3.52. The number of hydrogen-bond acceptors (Lipinski definition) is 3. The number of ether oxygens (including phenoxy) is 2. The van der Waals surface area contributed by atoms with Crippen molar-refractivity contribution in [2.24, 2.45) is 0 Å². The van der Waals surface area contributed by atoms with Crippen LogP contribution in [0.25, 0.3) is 0 Å². The van der Waals surface area contributed by atoms with E-state index in [4.69, 9.17) is 5.26 Å². The number of rotatable bonds is 4. The van der Waals surface area contributed by atoms with Gasteiger partial charge in [-0.05, 0) is 30.2 Å². The highest BCUT2D eigenvalue weighted by molar-refractivity contribution is 5.40. The number of benzene rings is 1. The van der Waals surface area contributed by atoms with Crippen LogP contribution in [0.3, 0.4) is 0 Å². The van der Waals surface area contributed by atoms with Crippen molar-refractivity contribution in [2.75, 3.05) is 0 Å². The predicted octanol–water partition coefficient (Wildman–Crippen LogP) is 3.94. The van der Waals surface area contributed by atoms with E-state index in [1.807, 2.05) is 0 Å². The lowest BCUT2D eigenvalue weighted by molar-refractivity contribution is -0.277. The Labute approximate surface area is 109 Å². The summed E-state index contributed by atoms with van der Waals surface area (Å²) in [7, 11) is 0. The molecule has 0 atom stereocenters. The van der Waals surface area contributed by atoms with Gasteiger partial charge < -0.3 is 9.47 Å². The van der Waals surface area contributed by atoms with Crippen molar-refractivity contribution >= 4 is 0 Å². The normalized spacial score (nSPS) is 11.8. The Kier molecular flexibility index (Phi) is 4.70. The van der Waals surface area contributed by atoms with Crippen molar-refractivity contribution in [1.82, 2.24) is 0 Å². The molecule has 3 nitrogen and oxygen atoms in total. The number of nitriles is 1. The lowest BCUT2D eigenvalue weighted by Gasteiger charge is -2.15.